The molecule has 0 bridgehead atoms. The second kappa shape index (κ2) is 6.16. The van der Waals surface area contributed by atoms with Gasteiger partial charge in [-0.05, 0) is 17.5 Å². The average Bonchev–Trinajstić information content (AvgIpc) is 2.92. The fourth-order valence-corrected chi connectivity index (χ4v) is 3.38. The first-order chi connectivity index (χ1) is 10.6. The quantitative estimate of drug-likeness (QED) is 0.805. The molecule has 116 valence electrons. The molecule has 0 radical (unpaired) electrons. The number of anilines is 1. The number of rotatable bonds is 3. The molecule has 0 spiro atoms. The Morgan fingerprint density at radius 3 is 2.95 bits per heavy atom. The van der Waals surface area contributed by atoms with Gasteiger partial charge in [-0.1, -0.05) is 29.8 Å². The van der Waals surface area contributed by atoms with Crippen LogP contribution in [0, 0.1) is 0 Å². The third-order valence-electron chi connectivity index (χ3n) is 3.68. The van der Waals surface area contributed by atoms with Crippen LogP contribution < -0.4 is 15.4 Å². The number of hydrogen-bond acceptors (Lipinski definition) is 4. The molecule has 3 rings (SSSR count). The second-order valence-electron chi connectivity index (χ2n) is 5.02. The van der Waals surface area contributed by atoms with E-state index in [0.717, 1.165) is 5.56 Å². The third-order valence-corrected chi connectivity index (χ3v) is 4.85. The Kier molecular flexibility index (Phi) is 4.24. The molecule has 7 heteroatoms. The van der Waals surface area contributed by atoms with Crippen molar-refractivity contribution in [3.05, 3.63) is 45.6 Å². The molecule has 1 aliphatic heterocycles. The molecule has 1 atom stereocenters. The summed E-state index contributed by atoms with van der Waals surface area (Å²) >= 11 is 7.32. The van der Waals surface area contributed by atoms with E-state index in [2.05, 4.69) is 10.6 Å². The molecule has 0 saturated heterocycles. The minimum atomic E-state index is -0.860. The molecule has 1 aliphatic rings. The highest BCUT2D eigenvalue weighted by molar-refractivity contribution is 7.15. The monoisotopic (exact) mass is 338 g/mol. The molecule has 3 N–H and O–H groups in total. The zero-order chi connectivity index (χ0) is 15.6. The number of carbonyl (C=O) groups is 1. The number of thiophene rings is 1. The number of aliphatic hydroxyl groups is 1. The number of fused-ring (bicyclic) bond motifs is 1. The second-order valence-corrected chi connectivity index (χ2v) is 6.54. The Morgan fingerprint density at radius 2 is 2.23 bits per heavy atom. The Labute approximate surface area is 136 Å². The summed E-state index contributed by atoms with van der Waals surface area (Å²) in [7, 11) is 0. The number of hydrogen-bond donors (Lipinski definition) is 3. The summed E-state index contributed by atoms with van der Waals surface area (Å²) in [4.78, 5) is 12.3. The van der Waals surface area contributed by atoms with Crippen LogP contribution in [0.4, 0.5) is 10.5 Å². The van der Waals surface area contributed by atoms with E-state index >= 15 is 0 Å². The lowest BCUT2D eigenvalue weighted by molar-refractivity contribution is 0.115. The largest absolute Gasteiger partial charge is 0.493 e. The molecule has 1 aromatic heterocycles. The van der Waals surface area contributed by atoms with Gasteiger partial charge in [0.2, 0.25) is 0 Å². The molecule has 1 aromatic carbocycles. The number of halogens is 1. The van der Waals surface area contributed by atoms with Crippen LogP contribution in [-0.4, -0.2) is 24.4 Å². The Hall–Kier alpha value is -1.76. The van der Waals surface area contributed by atoms with Crippen LogP contribution >= 0.6 is 22.9 Å². The van der Waals surface area contributed by atoms with Gasteiger partial charge in [-0.2, -0.15) is 0 Å². The van der Waals surface area contributed by atoms with E-state index in [4.69, 9.17) is 16.3 Å². The highest BCUT2D eigenvalue weighted by atomic mass is 35.5. The third kappa shape index (κ3) is 2.77. The van der Waals surface area contributed by atoms with Gasteiger partial charge in [0.15, 0.2) is 0 Å². The van der Waals surface area contributed by atoms with Gasteiger partial charge in [0.25, 0.3) is 0 Å². The van der Waals surface area contributed by atoms with Gasteiger partial charge in [-0.25, -0.2) is 4.79 Å². The number of aliphatic hydroxyl groups excluding tert-OH is 1. The van der Waals surface area contributed by atoms with Gasteiger partial charge >= 0.3 is 6.03 Å². The van der Waals surface area contributed by atoms with E-state index in [0.29, 0.717) is 28.8 Å². The van der Waals surface area contributed by atoms with Gasteiger partial charge in [-0.3, -0.25) is 0 Å². The first-order valence-electron chi connectivity index (χ1n) is 6.80. The number of carbonyl (C=O) groups excluding carboxylic acids is 1. The average molecular weight is 339 g/mol. The number of para-hydroxylation sites is 1. The molecular formula is C15H15ClN2O3S. The lowest BCUT2D eigenvalue weighted by Gasteiger charge is -2.38. The van der Waals surface area contributed by atoms with Gasteiger partial charge < -0.3 is 20.5 Å². The standard InChI is InChI=1S/C15H15ClN2O3S/c16-13-11(5-8-22-13)17-14(20)18-15(9-19)6-7-21-12-4-2-1-3-10(12)15/h1-5,8,19H,6-7,9H2,(H2,17,18,20)/t15-/m1/s1. The fraction of sp³-hybridized carbons (Fsp3) is 0.267. The highest BCUT2D eigenvalue weighted by Crippen LogP contribution is 2.36. The number of nitrogens with one attached hydrogen (secondary N) is 2. The lowest BCUT2D eigenvalue weighted by Crippen LogP contribution is -2.52. The van der Waals surface area contributed by atoms with Crippen molar-refractivity contribution in [3.8, 4) is 5.75 Å². The Balaban J connectivity index is 1.83. The maximum Gasteiger partial charge on any atom is 0.320 e. The first kappa shape index (κ1) is 15.1. The van der Waals surface area contributed by atoms with Crippen molar-refractivity contribution in [3.63, 3.8) is 0 Å². The summed E-state index contributed by atoms with van der Waals surface area (Å²) in [5.41, 5.74) is 0.467. The summed E-state index contributed by atoms with van der Waals surface area (Å²) in [5, 5.41) is 17.3. The molecule has 0 fully saturated rings. The van der Waals surface area contributed by atoms with Crippen LogP contribution in [0.2, 0.25) is 4.34 Å². The van der Waals surface area contributed by atoms with Crippen molar-refractivity contribution in [1.29, 1.82) is 0 Å². The van der Waals surface area contributed by atoms with Crippen LogP contribution in [0.3, 0.4) is 0 Å². The van der Waals surface area contributed by atoms with E-state index < -0.39 is 11.6 Å². The normalized spacial score (nSPS) is 19.9. The topological polar surface area (TPSA) is 70.6 Å². The summed E-state index contributed by atoms with van der Waals surface area (Å²) in [6.07, 6.45) is 0.491. The van der Waals surface area contributed by atoms with Crippen LogP contribution in [-0.2, 0) is 5.54 Å². The van der Waals surface area contributed by atoms with Gasteiger partial charge in [0, 0.05) is 12.0 Å². The van der Waals surface area contributed by atoms with Gasteiger partial charge in [-0.15, -0.1) is 11.3 Å². The minimum absolute atomic E-state index is 0.210. The van der Waals surface area contributed by atoms with Crippen LogP contribution in [0.1, 0.15) is 12.0 Å². The summed E-state index contributed by atoms with van der Waals surface area (Å²) < 4.78 is 6.10. The molecule has 0 saturated carbocycles. The molecule has 2 heterocycles. The fourth-order valence-electron chi connectivity index (χ4n) is 2.54. The smallest absolute Gasteiger partial charge is 0.320 e. The van der Waals surface area contributed by atoms with Crippen LogP contribution in [0.5, 0.6) is 5.75 Å². The SMILES string of the molecule is O=C(Nc1ccsc1Cl)N[C@@]1(CO)CCOc2ccccc21. The number of ether oxygens (including phenoxy) is 1. The molecule has 5 nitrogen and oxygen atoms in total. The maximum atomic E-state index is 12.3. The van der Waals surface area contributed by atoms with E-state index in [1.165, 1.54) is 11.3 Å². The molecule has 2 aromatic rings. The summed E-state index contributed by atoms with van der Waals surface area (Å²) in [6.45, 7) is 0.217. The Bertz CT molecular complexity index is 691. The van der Waals surface area contributed by atoms with Gasteiger partial charge in [0.05, 0.1) is 24.4 Å². The van der Waals surface area contributed by atoms with Crippen LogP contribution in [0.25, 0.3) is 0 Å². The van der Waals surface area contributed by atoms with Crippen molar-refractivity contribution in [2.75, 3.05) is 18.5 Å². The number of urea groups is 1. The maximum absolute atomic E-state index is 12.3. The van der Waals surface area contributed by atoms with Crippen molar-refractivity contribution in [2.24, 2.45) is 0 Å². The summed E-state index contributed by atoms with van der Waals surface area (Å²) in [5.74, 6) is 0.677. The van der Waals surface area contributed by atoms with E-state index in [-0.39, 0.29) is 6.61 Å². The van der Waals surface area contributed by atoms with E-state index in [1.807, 2.05) is 24.3 Å². The molecule has 0 unspecified atom stereocenters. The molecule has 0 aliphatic carbocycles. The minimum Gasteiger partial charge on any atom is -0.493 e. The Morgan fingerprint density at radius 1 is 1.41 bits per heavy atom. The van der Waals surface area contributed by atoms with E-state index in [9.17, 15) is 9.90 Å². The van der Waals surface area contributed by atoms with Crippen LogP contribution in [0.15, 0.2) is 35.7 Å². The van der Waals surface area contributed by atoms with E-state index in [1.54, 1.807) is 11.4 Å². The zero-order valence-electron chi connectivity index (χ0n) is 11.6. The molecule has 2 amide bonds. The van der Waals surface area contributed by atoms with Crippen molar-refractivity contribution < 1.29 is 14.6 Å². The summed E-state index contributed by atoms with van der Waals surface area (Å²) in [6, 6.07) is 8.71. The van der Waals surface area contributed by atoms with Crippen molar-refractivity contribution in [1.82, 2.24) is 5.32 Å². The number of benzene rings is 1. The number of amides is 2. The predicted octanol–water partition coefficient (Wildman–Crippen LogP) is 3.19. The van der Waals surface area contributed by atoms with Crippen molar-refractivity contribution in [2.45, 2.75) is 12.0 Å². The highest BCUT2D eigenvalue weighted by Gasteiger charge is 2.38. The zero-order valence-corrected chi connectivity index (χ0v) is 13.2. The molecular weight excluding hydrogens is 324 g/mol. The predicted molar refractivity (Wildman–Crippen MR) is 86.8 cm³/mol. The molecule has 22 heavy (non-hydrogen) atoms. The lowest BCUT2D eigenvalue weighted by atomic mass is 9.85. The first-order valence-corrected chi connectivity index (χ1v) is 8.06. The van der Waals surface area contributed by atoms with Gasteiger partial charge in [0.1, 0.15) is 10.1 Å². The van der Waals surface area contributed by atoms with Crippen molar-refractivity contribution >= 4 is 34.7 Å².